The Kier molecular flexibility index (Phi) is 5.30. The maximum absolute atomic E-state index is 11.8. The number of benzene rings is 1. The second kappa shape index (κ2) is 7.40. The Morgan fingerprint density at radius 3 is 2.64 bits per heavy atom. The van der Waals surface area contributed by atoms with E-state index in [1.165, 1.54) is 6.07 Å². The first-order chi connectivity index (χ1) is 10.5. The number of nitrogens with zero attached hydrogens (tertiary/aromatic N) is 2. The van der Waals surface area contributed by atoms with E-state index in [1.807, 2.05) is 31.2 Å². The van der Waals surface area contributed by atoms with Crippen molar-refractivity contribution in [3.05, 3.63) is 58.0 Å². The molecular weight excluding hydrogens is 282 g/mol. The number of carbonyl (C=O) groups is 1. The Morgan fingerprint density at radius 2 is 1.91 bits per heavy atom. The standard InChI is InChI=1S/C16H19N3O3/c1-12-3-6-14(7-4-12)22-10-9-17-15(20)11-19-16(21)8-5-13(2)18-19/h3-8H,9-11H2,1-2H3,(H,17,20). The van der Waals surface area contributed by atoms with Crippen LogP contribution >= 0.6 is 0 Å². The summed E-state index contributed by atoms with van der Waals surface area (Å²) in [6, 6.07) is 10.7. The molecule has 2 aromatic rings. The van der Waals surface area contributed by atoms with Crippen molar-refractivity contribution in [3.63, 3.8) is 0 Å². The quantitative estimate of drug-likeness (QED) is 0.810. The fourth-order valence-corrected chi connectivity index (χ4v) is 1.85. The summed E-state index contributed by atoms with van der Waals surface area (Å²) in [5.41, 5.74) is 1.56. The van der Waals surface area contributed by atoms with Gasteiger partial charge in [0.15, 0.2) is 0 Å². The highest BCUT2D eigenvalue weighted by Gasteiger charge is 2.05. The summed E-state index contributed by atoms with van der Waals surface area (Å²) < 4.78 is 6.65. The van der Waals surface area contributed by atoms with Crippen LogP contribution in [0, 0.1) is 13.8 Å². The fourth-order valence-electron chi connectivity index (χ4n) is 1.85. The first-order valence-corrected chi connectivity index (χ1v) is 7.05. The van der Waals surface area contributed by atoms with Gasteiger partial charge in [-0.2, -0.15) is 5.10 Å². The minimum atomic E-state index is -0.295. The van der Waals surface area contributed by atoms with Crippen molar-refractivity contribution in [2.24, 2.45) is 0 Å². The number of amides is 1. The molecule has 0 atom stereocenters. The van der Waals surface area contributed by atoms with Crippen LogP contribution in [0.5, 0.6) is 5.75 Å². The SMILES string of the molecule is Cc1ccc(OCCNC(=O)Cn2nc(C)ccc2=O)cc1. The molecule has 0 aliphatic rings. The van der Waals surface area contributed by atoms with Crippen molar-refractivity contribution >= 4 is 5.91 Å². The van der Waals surface area contributed by atoms with E-state index in [4.69, 9.17) is 4.74 Å². The summed E-state index contributed by atoms with van der Waals surface area (Å²) in [5, 5.41) is 6.70. The Bertz CT molecular complexity index is 693. The molecule has 1 heterocycles. The lowest BCUT2D eigenvalue weighted by Crippen LogP contribution is -2.35. The summed E-state index contributed by atoms with van der Waals surface area (Å²) in [7, 11) is 0. The van der Waals surface area contributed by atoms with Crippen LogP contribution in [0.15, 0.2) is 41.2 Å². The summed E-state index contributed by atoms with van der Waals surface area (Å²) in [5.74, 6) is 0.490. The van der Waals surface area contributed by atoms with Gasteiger partial charge in [-0.1, -0.05) is 17.7 Å². The molecule has 22 heavy (non-hydrogen) atoms. The summed E-state index contributed by atoms with van der Waals surface area (Å²) in [4.78, 5) is 23.3. The molecule has 1 aromatic carbocycles. The van der Waals surface area contributed by atoms with Gasteiger partial charge in [0.1, 0.15) is 18.9 Å². The zero-order valence-electron chi connectivity index (χ0n) is 12.7. The molecule has 0 fully saturated rings. The van der Waals surface area contributed by atoms with Crippen LogP contribution in [0.2, 0.25) is 0 Å². The number of aromatic nitrogens is 2. The molecule has 116 valence electrons. The van der Waals surface area contributed by atoms with E-state index in [0.29, 0.717) is 18.8 Å². The van der Waals surface area contributed by atoms with Crippen molar-refractivity contribution in [3.8, 4) is 5.75 Å². The fraction of sp³-hybridized carbons (Fsp3) is 0.312. The Hall–Kier alpha value is -2.63. The van der Waals surface area contributed by atoms with E-state index in [0.717, 1.165) is 16.0 Å². The molecule has 0 bridgehead atoms. The number of ether oxygens (including phenoxy) is 1. The first kappa shape index (κ1) is 15.8. The van der Waals surface area contributed by atoms with Gasteiger partial charge in [-0.15, -0.1) is 0 Å². The highest BCUT2D eigenvalue weighted by atomic mass is 16.5. The smallest absolute Gasteiger partial charge is 0.267 e. The van der Waals surface area contributed by atoms with Gasteiger partial charge in [-0.25, -0.2) is 4.68 Å². The summed E-state index contributed by atoms with van der Waals surface area (Å²) in [6.07, 6.45) is 0. The minimum absolute atomic E-state index is 0.0922. The molecule has 0 radical (unpaired) electrons. The molecule has 0 aliphatic heterocycles. The maximum atomic E-state index is 11.8. The molecule has 0 saturated carbocycles. The van der Waals surface area contributed by atoms with Gasteiger partial charge in [-0.3, -0.25) is 9.59 Å². The second-order valence-electron chi connectivity index (χ2n) is 4.98. The van der Waals surface area contributed by atoms with Gasteiger partial charge in [0.05, 0.1) is 12.2 Å². The van der Waals surface area contributed by atoms with E-state index in [-0.39, 0.29) is 18.0 Å². The molecule has 6 heteroatoms. The molecule has 0 unspecified atom stereocenters. The zero-order chi connectivity index (χ0) is 15.9. The average Bonchev–Trinajstić information content (AvgIpc) is 2.49. The van der Waals surface area contributed by atoms with E-state index in [1.54, 1.807) is 13.0 Å². The molecular formula is C16H19N3O3. The molecule has 0 saturated heterocycles. The molecule has 1 amide bonds. The maximum Gasteiger partial charge on any atom is 0.267 e. The van der Waals surface area contributed by atoms with E-state index < -0.39 is 0 Å². The zero-order valence-corrected chi connectivity index (χ0v) is 12.7. The van der Waals surface area contributed by atoms with E-state index >= 15 is 0 Å². The number of hydrogen-bond donors (Lipinski definition) is 1. The Labute approximate surface area is 128 Å². The van der Waals surface area contributed by atoms with Gasteiger partial charge in [-0.05, 0) is 32.0 Å². The lowest BCUT2D eigenvalue weighted by atomic mass is 10.2. The lowest BCUT2D eigenvalue weighted by molar-refractivity contribution is -0.122. The average molecular weight is 301 g/mol. The molecule has 1 aromatic heterocycles. The normalized spacial score (nSPS) is 10.3. The van der Waals surface area contributed by atoms with Gasteiger partial charge in [0.25, 0.3) is 5.56 Å². The van der Waals surface area contributed by atoms with Gasteiger partial charge in [0.2, 0.25) is 5.91 Å². The number of rotatable bonds is 6. The monoisotopic (exact) mass is 301 g/mol. The number of nitrogens with one attached hydrogen (secondary N) is 1. The van der Waals surface area contributed by atoms with Crippen LogP contribution < -0.4 is 15.6 Å². The van der Waals surface area contributed by atoms with E-state index in [9.17, 15) is 9.59 Å². The third-order valence-corrected chi connectivity index (χ3v) is 3.01. The lowest BCUT2D eigenvalue weighted by Gasteiger charge is -2.09. The predicted octanol–water partition coefficient (Wildman–Crippen LogP) is 1.06. The molecule has 2 rings (SSSR count). The highest BCUT2D eigenvalue weighted by Crippen LogP contribution is 2.10. The van der Waals surface area contributed by atoms with Crippen molar-refractivity contribution in [1.82, 2.24) is 15.1 Å². The molecule has 0 spiro atoms. The molecule has 6 nitrogen and oxygen atoms in total. The van der Waals surface area contributed by atoms with Crippen molar-refractivity contribution in [1.29, 1.82) is 0 Å². The predicted molar refractivity (Wildman–Crippen MR) is 82.9 cm³/mol. The van der Waals surface area contributed by atoms with Crippen molar-refractivity contribution < 1.29 is 9.53 Å². The van der Waals surface area contributed by atoms with Gasteiger partial charge >= 0.3 is 0 Å². The highest BCUT2D eigenvalue weighted by molar-refractivity contribution is 5.75. The third-order valence-electron chi connectivity index (χ3n) is 3.01. The largest absolute Gasteiger partial charge is 0.492 e. The van der Waals surface area contributed by atoms with Crippen LogP contribution in [0.4, 0.5) is 0 Å². The van der Waals surface area contributed by atoms with Crippen LogP contribution in [0.3, 0.4) is 0 Å². The minimum Gasteiger partial charge on any atom is -0.492 e. The van der Waals surface area contributed by atoms with Crippen LogP contribution in [-0.4, -0.2) is 28.8 Å². The van der Waals surface area contributed by atoms with E-state index in [2.05, 4.69) is 10.4 Å². The van der Waals surface area contributed by atoms with Gasteiger partial charge in [0, 0.05) is 6.07 Å². The first-order valence-electron chi connectivity index (χ1n) is 7.05. The molecule has 0 aliphatic carbocycles. The van der Waals surface area contributed by atoms with Crippen molar-refractivity contribution in [2.75, 3.05) is 13.2 Å². The van der Waals surface area contributed by atoms with Crippen LogP contribution in [-0.2, 0) is 11.3 Å². The molecule has 1 N–H and O–H groups in total. The Balaban J connectivity index is 1.75. The number of hydrogen-bond acceptors (Lipinski definition) is 4. The van der Waals surface area contributed by atoms with Crippen molar-refractivity contribution in [2.45, 2.75) is 20.4 Å². The Morgan fingerprint density at radius 1 is 1.18 bits per heavy atom. The van der Waals surface area contributed by atoms with Gasteiger partial charge < -0.3 is 10.1 Å². The summed E-state index contributed by atoms with van der Waals surface area (Å²) in [6.45, 7) is 4.41. The third kappa shape index (κ3) is 4.73. The number of aryl methyl sites for hydroxylation is 2. The topological polar surface area (TPSA) is 73.2 Å². The summed E-state index contributed by atoms with van der Waals surface area (Å²) >= 11 is 0. The van der Waals surface area contributed by atoms with Crippen LogP contribution in [0.25, 0.3) is 0 Å². The number of carbonyl (C=O) groups excluding carboxylic acids is 1. The second-order valence-corrected chi connectivity index (χ2v) is 4.98. The van der Waals surface area contributed by atoms with Crippen LogP contribution in [0.1, 0.15) is 11.3 Å².